The lowest BCUT2D eigenvalue weighted by atomic mass is 10.0. The summed E-state index contributed by atoms with van der Waals surface area (Å²) < 4.78 is 8.78. The zero-order valence-corrected chi connectivity index (χ0v) is 16.5. The van der Waals surface area contributed by atoms with Gasteiger partial charge in [0.2, 0.25) is 0 Å². The van der Waals surface area contributed by atoms with Gasteiger partial charge in [-0.1, -0.05) is 30.3 Å². The van der Waals surface area contributed by atoms with Gasteiger partial charge in [-0.15, -0.1) is 0 Å². The van der Waals surface area contributed by atoms with Gasteiger partial charge in [0.25, 0.3) is 5.91 Å². The second-order valence-corrected chi connectivity index (χ2v) is 6.91. The Labute approximate surface area is 168 Å². The van der Waals surface area contributed by atoms with Crippen LogP contribution in [0.2, 0.25) is 0 Å². The van der Waals surface area contributed by atoms with Gasteiger partial charge < -0.3 is 14.6 Å². The number of aryl methyl sites for hydroxylation is 1. The molecule has 0 saturated heterocycles. The first kappa shape index (κ1) is 18.9. The monoisotopic (exact) mass is 389 g/mol. The number of nitrogens with zero attached hydrogens (tertiary/aromatic N) is 4. The van der Waals surface area contributed by atoms with E-state index in [0.29, 0.717) is 25.3 Å². The second kappa shape index (κ2) is 8.28. The third-order valence-electron chi connectivity index (χ3n) is 4.80. The summed E-state index contributed by atoms with van der Waals surface area (Å²) in [7, 11) is 3.50. The Balaban J connectivity index is 1.67. The summed E-state index contributed by atoms with van der Waals surface area (Å²) in [6, 6.07) is 14.1. The molecule has 2 heterocycles. The molecule has 0 saturated carbocycles. The summed E-state index contributed by atoms with van der Waals surface area (Å²) in [6.07, 6.45) is 5.53. The van der Waals surface area contributed by atoms with Crippen LogP contribution >= 0.6 is 0 Å². The van der Waals surface area contributed by atoms with Crippen molar-refractivity contribution < 1.29 is 9.53 Å². The minimum atomic E-state index is -0.144. The van der Waals surface area contributed by atoms with E-state index in [1.165, 1.54) is 5.56 Å². The molecule has 1 N–H and O–H groups in total. The number of fused-ring (bicyclic) bond motifs is 1. The third kappa shape index (κ3) is 4.05. The smallest absolute Gasteiger partial charge is 0.253 e. The van der Waals surface area contributed by atoms with E-state index in [-0.39, 0.29) is 5.91 Å². The van der Waals surface area contributed by atoms with Crippen LogP contribution in [0, 0.1) is 0 Å². The van der Waals surface area contributed by atoms with Crippen LogP contribution in [0.1, 0.15) is 15.9 Å². The Morgan fingerprint density at radius 1 is 1.17 bits per heavy atom. The number of imidazole rings is 1. The highest BCUT2D eigenvalue weighted by molar-refractivity contribution is 6.06. The quantitative estimate of drug-likeness (QED) is 0.493. The molecule has 0 aliphatic rings. The molecule has 0 unspecified atom stereocenters. The lowest BCUT2D eigenvalue weighted by molar-refractivity contribution is 0.0938. The summed E-state index contributed by atoms with van der Waals surface area (Å²) in [6.45, 7) is 1.61. The molecular formula is C22H23N5O2. The zero-order chi connectivity index (χ0) is 20.2. The molecular weight excluding hydrogens is 366 g/mol. The predicted molar refractivity (Wildman–Crippen MR) is 112 cm³/mol. The number of aromatic nitrogens is 4. The van der Waals surface area contributed by atoms with E-state index in [1.807, 2.05) is 59.0 Å². The number of ether oxygens (including phenoxy) is 1. The van der Waals surface area contributed by atoms with Crippen molar-refractivity contribution >= 4 is 16.9 Å². The molecule has 0 radical (unpaired) electrons. The van der Waals surface area contributed by atoms with Gasteiger partial charge in [-0.2, -0.15) is 5.10 Å². The second-order valence-electron chi connectivity index (χ2n) is 6.91. The van der Waals surface area contributed by atoms with Crippen LogP contribution in [-0.2, 0) is 18.3 Å². The Hall–Kier alpha value is -3.45. The highest BCUT2D eigenvalue weighted by Gasteiger charge is 2.16. The number of rotatable bonds is 7. The number of hydrogen-bond donors (Lipinski definition) is 1. The molecule has 4 rings (SSSR count). The molecule has 0 fully saturated rings. The van der Waals surface area contributed by atoms with Gasteiger partial charge in [-0.3, -0.25) is 9.48 Å². The standard InChI is InChI=1S/C22H23N5O2/c1-26-15-24-20-11-17(10-19(21(20)26)22(28)23-8-9-29-2)18-12-25-27(14-18)13-16-6-4-3-5-7-16/h3-7,10-12,14-15H,8-9,13H2,1-2H3,(H,23,28). The van der Waals surface area contributed by atoms with Gasteiger partial charge in [-0.05, 0) is 23.3 Å². The van der Waals surface area contributed by atoms with Crippen molar-refractivity contribution in [2.45, 2.75) is 6.54 Å². The van der Waals surface area contributed by atoms with Gasteiger partial charge in [0.05, 0.1) is 42.3 Å². The maximum atomic E-state index is 12.8. The first-order chi connectivity index (χ1) is 14.2. The van der Waals surface area contributed by atoms with Gasteiger partial charge in [-0.25, -0.2) is 4.98 Å². The van der Waals surface area contributed by atoms with E-state index in [2.05, 4.69) is 27.5 Å². The fourth-order valence-corrected chi connectivity index (χ4v) is 3.37. The number of amides is 1. The maximum absolute atomic E-state index is 12.8. The number of hydrogen-bond acceptors (Lipinski definition) is 4. The van der Waals surface area contributed by atoms with Crippen LogP contribution < -0.4 is 5.32 Å². The summed E-state index contributed by atoms with van der Waals surface area (Å²) in [5.41, 5.74) is 5.20. The minimum absolute atomic E-state index is 0.144. The van der Waals surface area contributed by atoms with Crippen LogP contribution in [0.4, 0.5) is 0 Å². The van der Waals surface area contributed by atoms with Gasteiger partial charge in [0.1, 0.15) is 0 Å². The summed E-state index contributed by atoms with van der Waals surface area (Å²) in [4.78, 5) is 17.2. The van der Waals surface area contributed by atoms with Crippen LogP contribution in [0.3, 0.4) is 0 Å². The first-order valence-corrected chi connectivity index (χ1v) is 9.44. The molecule has 1 amide bonds. The van der Waals surface area contributed by atoms with E-state index in [9.17, 15) is 4.79 Å². The largest absolute Gasteiger partial charge is 0.383 e. The van der Waals surface area contributed by atoms with Crippen molar-refractivity contribution in [3.8, 4) is 11.1 Å². The number of nitrogens with one attached hydrogen (secondary N) is 1. The summed E-state index contributed by atoms with van der Waals surface area (Å²) >= 11 is 0. The normalized spacial score (nSPS) is 11.1. The SMILES string of the molecule is COCCNC(=O)c1cc(-c2cnn(Cc3ccccc3)c2)cc2ncn(C)c12. The highest BCUT2D eigenvalue weighted by Crippen LogP contribution is 2.27. The van der Waals surface area contributed by atoms with Crippen LogP contribution in [0.15, 0.2) is 61.2 Å². The van der Waals surface area contributed by atoms with Crippen molar-refractivity contribution in [2.24, 2.45) is 7.05 Å². The number of benzene rings is 2. The average molecular weight is 389 g/mol. The highest BCUT2D eigenvalue weighted by atomic mass is 16.5. The van der Waals surface area contributed by atoms with Gasteiger partial charge in [0, 0.05) is 32.5 Å². The molecule has 0 spiro atoms. The Kier molecular flexibility index (Phi) is 5.39. The molecule has 0 aliphatic heterocycles. The first-order valence-electron chi connectivity index (χ1n) is 9.44. The molecule has 148 valence electrons. The van der Waals surface area contributed by atoms with E-state index in [1.54, 1.807) is 13.4 Å². The van der Waals surface area contributed by atoms with Crippen LogP contribution in [-0.4, -0.2) is 45.5 Å². The molecule has 7 nitrogen and oxygen atoms in total. The molecule has 29 heavy (non-hydrogen) atoms. The third-order valence-corrected chi connectivity index (χ3v) is 4.80. The van der Waals surface area contributed by atoms with Gasteiger partial charge in [0.15, 0.2) is 0 Å². The lowest BCUT2D eigenvalue weighted by Gasteiger charge is -2.09. The topological polar surface area (TPSA) is 74.0 Å². The van der Waals surface area contributed by atoms with Gasteiger partial charge >= 0.3 is 0 Å². The predicted octanol–water partition coefficient (Wildman–Crippen LogP) is 2.86. The number of carbonyl (C=O) groups excluding carboxylic acids is 1. The summed E-state index contributed by atoms with van der Waals surface area (Å²) in [5.74, 6) is -0.144. The lowest BCUT2D eigenvalue weighted by Crippen LogP contribution is -2.27. The Morgan fingerprint density at radius 3 is 2.79 bits per heavy atom. The molecule has 2 aromatic heterocycles. The molecule has 0 atom stereocenters. The van der Waals surface area contributed by atoms with Crippen LogP contribution in [0.25, 0.3) is 22.2 Å². The zero-order valence-electron chi connectivity index (χ0n) is 16.5. The van der Waals surface area contributed by atoms with Crippen molar-refractivity contribution in [2.75, 3.05) is 20.3 Å². The molecule has 7 heteroatoms. The summed E-state index contributed by atoms with van der Waals surface area (Å²) in [5, 5.41) is 7.38. The Morgan fingerprint density at radius 2 is 2.00 bits per heavy atom. The van der Waals surface area contributed by atoms with E-state index < -0.39 is 0 Å². The van der Waals surface area contributed by atoms with Crippen LogP contribution in [0.5, 0.6) is 0 Å². The van der Waals surface area contributed by atoms with Crippen molar-refractivity contribution in [1.82, 2.24) is 24.6 Å². The number of methoxy groups -OCH3 is 1. The van der Waals surface area contributed by atoms with Crippen molar-refractivity contribution in [1.29, 1.82) is 0 Å². The number of carbonyl (C=O) groups is 1. The molecule has 0 aliphatic carbocycles. The van der Waals surface area contributed by atoms with E-state index in [4.69, 9.17) is 4.74 Å². The fourth-order valence-electron chi connectivity index (χ4n) is 3.37. The molecule has 4 aromatic rings. The average Bonchev–Trinajstić information content (AvgIpc) is 3.35. The maximum Gasteiger partial charge on any atom is 0.253 e. The molecule has 0 bridgehead atoms. The van der Waals surface area contributed by atoms with E-state index >= 15 is 0 Å². The minimum Gasteiger partial charge on any atom is -0.383 e. The molecule has 2 aromatic carbocycles. The Bertz CT molecular complexity index is 1130. The van der Waals surface area contributed by atoms with Crippen molar-refractivity contribution in [3.63, 3.8) is 0 Å². The van der Waals surface area contributed by atoms with E-state index in [0.717, 1.165) is 22.2 Å². The fraction of sp³-hybridized carbons (Fsp3) is 0.227. The van der Waals surface area contributed by atoms with Crippen molar-refractivity contribution in [3.05, 3.63) is 72.3 Å².